The minimum Gasteiger partial charge on any atom is -1.00 e. The maximum absolute atomic E-state index is 11.1. The maximum Gasteiger partial charge on any atom is 0.320 e. The second-order valence-electron chi connectivity index (χ2n) is 4.19. The highest BCUT2D eigenvalue weighted by molar-refractivity contribution is 14.1. The zero-order chi connectivity index (χ0) is 14.8. The van der Waals surface area contributed by atoms with Gasteiger partial charge in [0.15, 0.2) is 5.21 Å². The van der Waals surface area contributed by atoms with Crippen LogP contribution in [0.1, 0.15) is 0 Å². The minimum absolute atomic E-state index is 0. The molecule has 0 saturated heterocycles. The smallest absolute Gasteiger partial charge is 0.320 e. The molecule has 0 saturated carbocycles. The third-order valence-electron chi connectivity index (χ3n) is 2.88. The normalized spacial score (nSPS) is 10.0. The summed E-state index contributed by atoms with van der Waals surface area (Å²) in [4.78, 5) is 11.9. The summed E-state index contributed by atoms with van der Waals surface area (Å²) in [6, 6.07) is 14.1. The molecule has 1 heterocycles. The summed E-state index contributed by atoms with van der Waals surface area (Å²) in [6.07, 6.45) is 0. The number of nitrogens with zero attached hydrogens (tertiary/aromatic N) is 4. The fourth-order valence-corrected chi connectivity index (χ4v) is 2.55. The summed E-state index contributed by atoms with van der Waals surface area (Å²) in [6.45, 7) is 0. The summed E-state index contributed by atoms with van der Waals surface area (Å²) in [5.74, 6) is 0.554. The topological polar surface area (TPSA) is 88.6 Å². The SMILES string of the molecule is O=[N+]([O-])c1ccccc1-[n+]1nnc(-c2ccccc2I)[nH]1.[Cl-]. The summed E-state index contributed by atoms with van der Waals surface area (Å²) < 4.78 is 1.01. The molecule has 22 heavy (non-hydrogen) atoms. The van der Waals surface area contributed by atoms with E-state index in [1.54, 1.807) is 18.2 Å². The molecule has 112 valence electrons. The number of halogens is 2. The average molecular weight is 430 g/mol. The van der Waals surface area contributed by atoms with E-state index < -0.39 is 4.92 Å². The number of nitro groups is 1. The van der Waals surface area contributed by atoms with Crippen molar-refractivity contribution in [3.05, 3.63) is 62.2 Å². The van der Waals surface area contributed by atoms with Crippen molar-refractivity contribution in [1.82, 2.24) is 15.4 Å². The van der Waals surface area contributed by atoms with Crippen molar-refractivity contribution in [1.29, 1.82) is 0 Å². The molecule has 0 atom stereocenters. The zero-order valence-electron chi connectivity index (χ0n) is 11.0. The lowest BCUT2D eigenvalue weighted by Gasteiger charge is -1.96. The van der Waals surface area contributed by atoms with E-state index in [2.05, 4.69) is 38.0 Å². The molecular formula is C13H9ClIN5O2. The summed E-state index contributed by atoms with van der Waals surface area (Å²) in [5, 5.41) is 22.0. The van der Waals surface area contributed by atoms with Crippen LogP contribution in [-0.2, 0) is 0 Å². The van der Waals surface area contributed by atoms with Crippen molar-refractivity contribution >= 4 is 28.3 Å². The number of nitrogens with one attached hydrogen (secondary N) is 1. The van der Waals surface area contributed by atoms with Crippen molar-refractivity contribution in [3.63, 3.8) is 0 Å². The molecule has 1 aromatic heterocycles. The van der Waals surface area contributed by atoms with Crippen LogP contribution in [0.5, 0.6) is 0 Å². The third-order valence-corrected chi connectivity index (χ3v) is 3.82. The Balaban J connectivity index is 0.00000176. The van der Waals surface area contributed by atoms with E-state index in [0.717, 1.165) is 9.13 Å². The first-order chi connectivity index (χ1) is 10.2. The van der Waals surface area contributed by atoms with Crippen molar-refractivity contribution in [2.24, 2.45) is 0 Å². The Kier molecular flexibility index (Phi) is 5.03. The molecule has 9 heteroatoms. The number of tetrazole rings is 1. The average Bonchev–Trinajstić information content (AvgIpc) is 2.97. The predicted molar refractivity (Wildman–Crippen MR) is 82.7 cm³/mol. The van der Waals surface area contributed by atoms with Crippen LogP contribution in [0.15, 0.2) is 48.5 Å². The molecular weight excluding hydrogens is 421 g/mol. The van der Waals surface area contributed by atoms with Crippen molar-refractivity contribution < 1.29 is 22.1 Å². The molecule has 0 unspecified atom stereocenters. The van der Waals surface area contributed by atoms with Gasteiger partial charge in [-0.15, -0.1) is 0 Å². The molecule has 0 aliphatic heterocycles. The molecule has 0 spiro atoms. The number of aromatic amines is 1. The van der Waals surface area contributed by atoms with Crippen LogP contribution in [0, 0.1) is 13.7 Å². The number of hydrogen-bond donors (Lipinski definition) is 1. The Hall–Kier alpha value is -2.07. The quantitative estimate of drug-likeness (QED) is 0.257. The predicted octanol–water partition coefficient (Wildman–Crippen LogP) is -0.735. The first-order valence-electron chi connectivity index (χ1n) is 6.00. The minimum atomic E-state index is -0.448. The fourth-order valence-electron chi connectivity index (χ4n) is 1.91. The fraction of sp³-hybridized carbons (Fsp3) is 0. The van der Waals surface area contributed by atoms with E-state index >= 15 is 0 Å². The van der Waals surface area contributed by atoms with Gasteiger partial charge in [-0.2, -0.15) is 5.10 Å². The zero-order valence-corrected chi connectivity index (χ0v) is 13.9. The van der Waals surface area contributed by atoms with Gasteiger partial charge in [0.2, 0.25) is 0 Å². The lowest BCUT2D eigenvalue weighted by molar-refractivity contribution is -0.718. The molecule has 7 nitrogen and oxygen atoms in total. The monoisotopic (exact) mass is 429 g/mol. The van der Waals surface area contributed by atoms with E-state index in [1.807, 2.05) is 24.3 Å². The van der Waals surface area contributed by atoms with Crippen LogP contribution < -0.4 is 17.2 Å². The summed E-state index contributed by atoms with van der Waals surface area (Å²) in [5.41, 5.74) is 1.20. The standard InChI is InChI=1S/C13H8IN5O2.ClH/c14-10-6-2-1-5-9(10)13-15-17-18(16-13)11-7-3-4-8-12(11)19(20)21;/h1-8H;1H. The van der Waals surface area contributed by atoms with Gasteiger partial charge in [0.25, 0.3) is 5.69 Å². The highest BCUT2D eigenvalue weighted by Gasteiger charge is 2.23. The van der Waals surface area contributed by atoms with Gasteiger partial charge in [-0.05, 0) is 45.6 Å². The summed E-state index contributed by atoms with van der Waals surface area (Å²) in [7, 11) is 0. The Morgan fingerprint density at radius 1 is 1.14 bits per heavy atom. The van der Waals surface area contributed by atoms with Crippen LogP contribution in [0.25, 0.3) is 17.1 Å². The highest BCUT2D eigenvalue weighted by atomic mass is 127. The van der Waals surface area contributed by atoms with Gasteiger partial charge in [0.1, 0.15) is 0 Å². The number of para-hydroxylation sites is 2. The number of benzene rings is 2. The van der Waals surface area contributed by atoms with Gasteiger partial charge in [-0.1, -0.05) is 24.3 Å². The van der Waals surface area contributed by atoms with Crippen LogP contribution in [0.3, 0.4) is 0 Å². The van der Waals surface area contributed by atoms with Gasteiger partial charge in [-0.3, -0.25) is 10.1 Å². The van der Waals surface area contributed by atoms with Crippen LogP contribution >= 0.6 is 22.6 Å². The van der Waals surface area contributed by atoms with Crippen molar-refractivity contribution in [3.8, 4) is 17.1 Å². The Labute approximate surface area is 145 Å². The van der Waals surface area contributed by atoms with E-state index in [9.17, 15) is 10.1 Å². The number of aromatic nitrogens is 4. The highest BCUT2D eigenvalue weighted by Crippen LogP contribution is 2.21. The number of hydrogen-bond acceptors (Lipinski definition) is 4. The third kappa shape index (κ3) is 3.07. The van der Waals surface area contributed by atoms with Gasteiger partial charge in [0.05, 0.1) is 15.6 Å². The van der Waals surface area contributed by atoms with Gasteiger partial charge < -0.3 is 12.4 Å². The largest absolute Gasteiger partial charge is 1.00 e. The van der Waals surface area contributed by atoms with E-state index in [-0.39, 0.29) is 18.1 Å². The Bertz CT molecular complexity index is 823. The molecule has 3 rings (SSSR count). The second-order valence-corrected chi connectivity index (χ2v) is 5.35. The van der Waals surface area contributed by atoms with Crippen LogP contribution in [0.4, 0.5) is 5.69 Å². The second kappa shape index (κ2) is 6.79. The first-order valence-corrected chi connectivity index (χ1v) is 7.08. The first kappa shape index (κ1) is 16.3. The van der Waals surface area contributed by atoms with Gasteiger partial charge in [0, 0.05) is 9.64 Å². The van der Waals surface area contributed by atoms with E-state index in [4.69, 9.17) is 0 Å². The van der Waals surface area contributed by atoms with Crippen molar-refractivity contribution in [2.45, 2.75) is 0 Å². The molecule has 0 bridgehead atoms. The molecule has 0 fully saturated rings. The molecule has 1 N–H and O–H groups in total. The maximum atomic E-state index is 11.1. The van der Waals surface area contributed by atoms with E-state index in [1.165, 1.54) is 10.9 Å². The molecule has 3 aromatic rings. The Morgan fingerprint density at radius 3 is 2.55 bits per heavy atom. The molecule has 0 amide bonds. The van der Waals surface area contributed by atoms with Crippen LogP contribution in [0.2, 0.25) is 0 Å². The molecule has 2 aromatic carbocycles. The van der Waals surface area contributed by atoms with Crippen LogP contribution in [-0.4, -0.2) is 20.3 Å². The Morgan fingerprint density at radius 2 is 1.82 bits per heavy atom. The molecule has 0 radical (unpaired) electrons. The number of H-pyrrole nitrogens is 1. The number of rotatable bonds is 3. The summed E-state index contributed by atoms with van der Waals surface area (Å²) >= 11 is 2.20. The van der Waals surface area contributed by atoms with Gasteiger partial charge >= 0.3 is 11.5 Å². The molecule has 0 aliphatic rings. The number of nitro benzene ring substituents is 1. The van der Waals surface area contributed by atoms with Gasteiger partial charge in [-0.25, -0.2) is 0 Å². The lowest BCUT2D eigenvalue weighted by atomic mass is 10.2. The lowest BCUT2D eigenvalue weighted by Crippen LogP contribution is -3.00. The van der Waals surface area contributed by atoms with Crippen molar-refractivity contribution in [2.75, 3.05) is 0 Å². The molecule has 0 aliphatic carbocycles. The van der Waals surface area contributed by atoms with E-state index in [0.29, 0.717) is 11.5 Å².